The summed E-state index contributed by atoms with van der Waals surface area (Å²) in [6, 6.07) is 4.15. The molecule has 1 N–H and O–H groups in total. The van der Waals surface area contributed by atoms with Crippen LogP contribution in [0, 0.1) is 6.92 Å². The number of aromatic nitrogens is 4. The summed E-state index contributed by atoms with van der Waals surface area (Å²) in [6.45, 7) is 7.59. The zero-order valence-electron chi connectivity index (χ0n) is 14.3. The highest BCUT2D eigenvalue weighted by atomic mass is 15.3. The van der Waals surface area contributed by atoms with Gasteiger partial charge in [0, 0.05) is 39.6 Å². The predicted octanol–water partition coefficient (Wildman–Crippen LogP) is 1.23. The summed E-state index contributed by atoms with van der Waals surface area (Å²) in [5, 5.41) is 11.5. The van der Waals surface area contributed by atoms with Gasteiger partial charge in [0.1, 0.15) is 12.4 Å². The number of guanidine groups is 1. The maximum Gasteiger partial charge on any atom is 0.194 e. The van der Waals surface area contributed by atoms with Crippen LogP contribution >= 0.6 is 0 Å². The fraction of sp³-hybridized carbons (Fsp3) is 0.438. The van der Waals surface area contributed by atoms with Gasteiger partial charge >= 0.3 is 0 Å². The maximum atomic E-state index is 4.67. The number of aryl methyl sites for hydroxylation is 2. The van der Waals surface area contributed by atoms with Gasteiger partial charge in [-0.15, -0.1) is 16.8 Å². The van der Waals surface area contributed by atoms with Crippen LogP contribution in [0.3, 0.4) is 0 Å². The van der Waals surface area contributed by atoms with Crippen molar-refractivity contribution in [3.05, 3.63) is 48.3 Å². The first-order valence-electron chi connectivity index (χ1n) is 7.58. The van der Waals surface area contributed by atoms with E-state index in [1.54, 1.807) is 0 Å². The van der Waals surface area contributed by atoms with Gasteiger partial charge in [-0.2, -0.15) is 0 Å². The molecule has 2 aromatic rings. The molecular formula is C16H25N7. The van der Waals surface area contributed by atoms with E-state index < -0.39 is 0 Å². The Labute approximate surface area is 137 Å². The first-order chi connectivity index (χ1) is 11.0. The zero-order chi connectivity index (χ0) is 16.8. The van der Waals surface area contributed by atoms with E-state index in [0.717, 1.165) is 24.2 Å². The first kappa shape index (κ1) is 16.8. The molecule has 2 rings (SSSR count). The highest BCUT2D eigenvalue weighted by molar-refractivity contribution is 5.79. The van der Waals surface area contributed by atoms with Crippen LogP contribution in [-0.4, -0.2) is 43.8 Å². The largest absolute Gasteiger partial charge is 0.353 e. The third-order valence-electron chi connectivity index (χ3n) is 3.77. The first-order valence-corrected chi connectivity index (χ1v) is 7.58. The van der Waals surface area contributed by atoms with Crippen molar-refractivity contribution in [3.8, 4) is 0 Å². The molecule has 0 atom stereocenters. The van der Waals surface area contributed by atoms with Crippen molar-refractivity contribution < 1.29 is 0 Å². The smallest absolute Gasteiger partial charge is 0.194 e. The molecule has 0 unspecified atom stereocenters. The lowest BCUT2D eigenvalue weighted by atomic mass is 10.4. The zero-order valence-corrected chi connectivity index (χ0v) is 14.3. The Hall–Kier alpha value is -2.57. The molecule has 0 radical (unpaired) electrons. The van der Waals surface area contributed by atoms with E-state index in [1.807, 2.05) is 51.0 Å². The number of nitrogens with one attached hydrogen (secondary N) is 1. The molecule has 0 fully saturated rings. The van der Waals surface area contributed by atoms with Crippen LogP contribution in [0.2, 0.25) is 0 Å². The standard InChI is InChI=1S/C16H25N7/c1-6-9-17-16(18-11-15-20-19-13(2)23(15)5)22(4)12-14-8-7-10-21(14)3/h6-8,10H,1,9,11-12H2,2-5H3,(H,17,18). The second-order valence-electron chi connectivity index (χ2n) is 5.50. The summed E-state index contributed by atoms with van der Waals surface area (Å²) < 4.78 is 4.06. The molecule has 23 heavy (non-hydrogen) atoms. The maximum absolute atomic E-state index is 4.67. The van der Waals surface area contributed by atoms with Crippen molar-refractivity contribution in [3.63, 3.8) is 0 Å². The summed E-state index contributed by atoms with van der Waals surface area (Å²) >= 11 is 0. The Balaban J connectivity index is 2.11. The fourth-order valence-electron chi connectivity index (χ4n) is 2.19. The fourth-order valence-corrected chi connectivity index (χ4v) is 2.19. The van der Waals surface area contributed by atoms with Crippen molar-refractivity contribution in [1.82, 2.24) is 29.5 Å². The number of rotatable bonds is 6. The van der Waals surface area contributed by atoms with E-state index >= 15 is 0 Å². The Morgan fingerprint density at radius 1 is 1.43 bits per heavy atom. The van der Waals surface area contributed by atoms with Gasteiger partial charge < -0.3 is 19.4 Å². The summed E-state index contributed by atoms with van der Waals surface area (Å²) in [5.41, 5.74) is 1.22. The quantitative estimate of drug-likeness (QED) is 0.495. The average molecular weight is 315 g/mol. The monoisotopic (exact) mass is 315 g/mol. The van der Waals surface area contributed by atoms with E-state index in [2.05, 4.69) is 42.6 Å². The topological polar surface area (TPSA) is 63.3 Å². The minimum absolute atomic E-state index is 0.480. The van der Waals surface area contributed by atoms with Crippen molar-refractivity contribution in [2.75, 3.05) is 13.6 Å². The molecule has 0 saturated carbocycles. The molecule has 0 saturated heterocycles. The van der Waals surface area contributed by atoms with Gasteiger partial charge in [0.05, 0.1) is 6.54 Å². The van der Waals surface area contributed by atoms with E-state index in [0.29, 0.717) is 13.1 Å². The number of aliphatic imine (C=N–C) groups is 1. The van der Waals surface area contributed by atoms with Crippen molar-refractivity contribution in [1.29, 1.82) is 0 Å². The summed E-state index contributed by atoms with van der Waals surface area (Å²) in [5.74, 6) is 2.53. The van der Waals surface area contributed by atoms with Crippen LogP contribution in [0.1, 0.15) is 17.3 Å². The average Bonchev–Trinajstić information content (AvgIpc) is 3.07. The molecule has 7 heteroatoms. The Morgan fingerprint density at radius 2 is 2.22 bits per heavy atom. The predicted molar refractivity (Wildman–Crippen MR) is 92.0 cm³/mol. The highest BCUT2D eigenvalue weighted by Crippen LogP contribution is 2.05. The molecule has 0 aliphatic carbocycles. The third kappa shape index (κ3) is 4.21. The van der Waals surface area contributed by atoms with E-state index in [9.17, 15) is 0 Å². The molecule has 0 aromatic carbocycles. The summed E-state index contributed by atoms with van der Waals surface area (Å²) in [7, 11) is 6.01. The lowest BCUT2D eigenvalue weighted by Gasteiger charge is -2.22. The van der Waals surface area contributed by atoms with Gasteiger partial charge in [-0.3, -0.25) is 0 Å². The minimum atomic E-state index is 0.480. The second-order valence-corrected chi connectivity index (χ2v) is 5.50. The molecule has 2 heterocycles. The minimum Gasteiger partial charge on any atom is -0.353 e. The molecular weight excluding hydrogens is 290 g/mol. The molecule has 124 valence electrons. The van der Waals surface area contributed by atoms with Gasteiger partial charge in [0.15, 0.2) is 11.8 Å². The molecule has 7 nitrogen and oxygen atoms in total. The van der Waals surface area contributed by atoms with Crippen LogP contribution in [0.25, 0.3) is 0 Å². The van der Waals surface area contributed by atoms with E-state index in [4.69, 9.17) is 0 Å². The van der Waals surface area contributed by atoms with E-state index in [-0.39, 0.29) is 0 Å². The molecule has 2 aromatic heterocycles. The SMILES string of the molecule is C=CCNC(=NCc1nnc(C)n1C)N(C)Cc1cccn1C. The lowest BCUT2D eigenvalue weighted by molar-refractivity contribution is 0.462. The normalized spacial score (nSPS) is 11.6. The number of hydrogen-bond acceptors (Lipinski definition) is 3. The lowest BCUT2D eigenvalue weighted by Crippen LogP contribution is -2.39. The Bertz CT molecular complexity index is 680. The van der Waals surface area contributed by atoms with Gasteiger partial charge in [0.2, 0.25) is 0 Å². The van der Waals surface area contributed by atoms with Crippen LogP contribution in [-0.2, 0) is 27.2 Å². The molecule has 0 amide bonds. The van der Waals surface area contributed by atoms with Gasteiger partial charge in [0.25, 0.3) is 0 Å². The van der Waals surface area contributed by atoms with Gasteiger partial charge in [-0.05, 0) is 19.1 Å². The van der Waals surface area contributed by atoms with Gasteiger partial charge in [-0.25, -0.2) is 4.99 Å². The Morgan fingerprint density at radius 3 is 2.78 bits per heavy atom. The Kier molecular flexibility index (Phi) is 5.56. The molecule has 0 spiro atoms. The van der Waals surface area contributed by atoms with Crippen molar-refractivity contribution in [2.45, 2.75) is 20.0 Å². The highest BCUT2D eigenvalue weighted by Gasteiger charge is 2.10. The third-order valence-corrected chi connectivity index (χ3v) is 3.77. The van der Waals surface area contributed by atoms with Crippen LogP contribution < -0.4 is 5.32 Å². The molecule has 0 aliphatic heterocycles. The van der Waals surface area contributed by atoms with Gasteiger partial charge in [-0.1, -0.05) is 6.08 Å². The van der Waals surface area contributed by atoms with E-state index in [1.165, 1.54) is 5.69 Å². The van der Waals surface area contributed by atoms with Crippen molar-refractivity contribution >= 4 is 5.96 Å². The number of nitrogens with zero attached hydrogens (tertiary/aromatic N) is 6. The van der Waals surface area contributed by atoms with Crippen molar-refractivity contribution in [2.24, 2.45) is 19.1 Å². The van der Waals surface area contributed by atoms with Crippen LogP contribution in [0.5, 0.6) is 0 Å². The summed E-state index contributed by atoms with van der Waals surface area (Å²) in [4.78, 5) is 6.75. The second kappa shape index (κ2) is 7.62. The number of hydrogen-bond donors (Lipinski definition) is 1. The van der Waals surface area contributed by atoms with Crippen LogP contribution in [0.15, 0.2) is 36.0 Å². The molecule has 0 aliphatic rings. The van der Waals surface area contributed by atoms with Crippen LogP contribution in [0.4, 0.5) is 0 Å². The molecule has 0 bridgehead atoms. The summed E-state index contributed by atoms with van der Waals surface area (Å²) in [6.07, 6.45) is 3.86.